The van der Waals surface area contributed by atoms with Gasteiger partial charge in [0, 0.05) is 4.47 Å². The number of aromatic carboxylic acids is 1. The van der Waals surface area contributed by atoms with E-state index in [0.29, 0.717) is 18.3 Å². The molecule has 0 aromatic heterocycles. The SMILES string of the molecule is O=C(O)c1cc(Br)ccc1COC1CCCCC1. The lowest BCUT2D eigenvalue weighted by Crippen LogP contribution is -2.17. The van der Waals surface area contributed by atoms with E-state index in [0.717, 1.165) is 22.9 Å². The first-order chi connectivity index (χ1) is 8.66. The second kappa shape index (κ2) is 6.34. The minimum Gasteiger partial charge on any atom is -0.478 e. The van der Waals surface area contributed by atoms with E-state index in [1.807, 2.05) is 12.1 Å². The number of ether oxygens (including phenoxy) is 1. The number of hydrogen-bond acceptors (Lipinski definition) is 2. The van der Waals surface area contributed by atoms with E-state index >= 15 is 0 Å². The molecule has 0 spiro atoms. The zero-order valence-corrected chi connectivity index (χ0v) is 11.8. The van der Waals surface area contributed by atoms with Crippen molar-refractivity contribution in [2.75, 3.05) is 0 Å². The monoisotopic (exact) mass is 312 g/mol. The molecular weight excluding hydrogens is 296 g/mol. The molecule has 0 bridgehead atoms. The van der Waals surface area contributed by atoms with Gasteiger partial charge >= 0.3 is 5.97 Å². The van der Waals surface area contributed by atoms with Crippen LogP contribution in [0.25, 0.3) is 0 Å². The summed E-state index contributed by atoms with van der Waals surface area (Å²) in [6, 6.07) is 5.30. The van der Waals surface area contributed by atoms with Gasteiger partial charge in [0.15, 0.2) is 0 Å². The Morgan fingerprint density at radius 3 is 2.72 bits per heavy atom. The molecule has 2 rings (SSSR count). The van der Waals surface area contributed by atoms with Crippen molar-refractivity contribution in [1.82, 2.24) is 0 Å². The van der Waals surface area contributed by atoms with Gasteiger partial charge in [-0.15, -0.1) is 0 Å². The van der Waals surface area contributed by atoms with Crippen LogP contribution in [0.5, 0.6) is 0 Å². The maximum Gasteiger partial charge on any atom is 0.336 e. The van der Waals surface area contributed by atoms with Crippen LogP contribution in [0.3, 0.4) is 0 Å². The predicted molar refractivity (Wildman–Crippen MR) is 72.8 cm³/mol. The van der Waals surface area contributed by atoms with Gasteiger partial charge < -0.3 is 9.84 Å². The minimum absolute atomic E-state index is 0.295. The first-order valence-electron chi connectivity index (χ1n) is 6.30. The Balaban J connectivity index is 2.01. The molecule has 1 aliphatic carbocycles. The maximum atomic E-state index is 11.1. The summed E-state index contributed by atoms with van der Waals surface area (Å²) >= 11 is 3.29. The largest absolute Gasteiger partial charge is 0.478 e. The van der Waals surface area contributed by atoms with Crippen LogP contribution in [-0.4, -0.2) is 17.2 Å². The van der Waals surface area contributed by atoms with Crippen LogP contribution in [0.2, 0.25) is 0 Å². The highest BCUT2D eigenvalue weighted by Crippen LogP contribution is 2.23. The van der Waals surface area contributed by atoms with Crippen LogP contribution in [0.1, 0.15) is 48.0 Å². The third kappa shape index (κ3) is 3.56. The third-order valence-corrected chi connectivity index (χ3v) is 3.82. The Morgan fingerprint density at radius 1 is 1.33 bits per heavy atom. The highest BCUT2D eigenvalue weighted by atomic mass is 79.9. The average Bonchev–Trinajstić information content (AvgIpc) is 2.38. The van der Waals surface area contributed by atoms with Crippen LogP contribution in [-0.2, 0) is 11.3 Å². The van der Waals surface area contributed by atoms with Crippen molar-refractivity contribution < 1.29 is 14.6 Å². The first-order valence-corrected chi connectivity index (χ1v) is 7.09. The normalized spacial score (nSPS) is 16.7. The summed E-state index contributed by atoms with van der Waals surface area (Å²) in [7, 11) is 0. The Kier molecular flexibility index (Phi) is 4.78. The number of benzene rings is 1. The van der Waals surface area contributed by atoms with E-state index in [2.05, 4.69) is 15.9 Å². The maximum absolute atomic E-state index is 11.1. The fourth-order valence-corrected chi connectivity index (χ4v) is 2.67. The summed E-state index contributed by atoms with van der Waals surface area (Å²) in [5.41, 5.74) is 1.07. The van der Waals surface area contributed by atoms with Crippen LogP contribution in [0, 0.1) is 0 Å². The van der Waals surface area contributed by atoms with Gasteiger partial charge in [0.1, 0.15) is 0 Å². The molecule has 0 unspecified atom stereocenters. The molecule has 1 fully saturated rings. The van der Waals surface area contributed by atoms with Gasteiger partial charge in [-0.05, 0) is 30.5 Å². The first kappa shape index (κ1) is 13.6. The van der Waals surface area contributed by atoms with Crippen molar-refractivity contribution >= 4 is 21.9 Å². The van der Waals surface area contributed by atoms with E-state index in [4.69, 9.17) is 9.84 Å². The number of carboxylic acids is 1. The van der Waals surface area contributed by atoms with Gasteiger partial charge in [-0.1, -0.05) is 41.3 Å². The van der Waals surface area contributed by atoms with Crippen LogP contribution < -0.4 is 0 Å². The average molecular weight is 313 g/mol. The lowest BCUT2D eigenvalue weighted by atomic mass is 9.98. The molecule has 18 heavy (non-hydrogen) atoms. The summed E-state index contributed by atoms with van der Waals surface area (Å²) in [5.74, 6) is -0.904. The highest BCUT2D eigenvalue weighted by Gasteiger charge is 2.16. The van der Waals surface area contributed by atoms with Gasteiger partial charge in [0.25, 0.3) is 0 Å². The Morgan fingerprint density at radius 2 is 2.06 bits per heavy atom. The molecule has 1 saturated carbocycles. The zero-order valence-electron chi connectivity index (χ0n) is 10.2. The number of rotatable bonds is 4. The van der Waals surface area contributed by atoms with Crippen LogP contribution in [0.4, 0.5) is 0 Å². The Bertz CT molecular complexity index is 425. The second-order valence-corrected chi connectivity index (χ2v) is 5.59. The lowest BCUT2D eigenvalue weighted by molar-refractivity contribution is 0.0162. The van der Waals surface area contributed by atoms with Crippen molar-refractivity contribution in [2.45, 2.75) is 44.8 Å². The molecule has 0 aliphatic heterocycles. The number of halogens is 1. The molecule has 1 aliphatic rings. The summed E-state index contributed by atoms with van der Waals surface area (Å²) in [6.07, 6.45) is 6.22. The van der Waals surface area contributed by atoms with Crippen molar-refractivity contribution in [1.29, 1.82) is 0 Å². The molecule has 0 radical (unpaired) electrons. The van der Waals surface area contributed by atoms with Crippen LogP contribution >= 0.6 is 15.9 Å². The molecule has 0 amide bonds. The number of carboxylic acid groups (broad SMARTS) is 1. The number of hydrogen-bond donors (Lipinski definition) is 1. The van der Waals surface area contributed by atoms with Gasteiger partial charge in [-0.25, -0.2) is 4.79 Å². The molecule has 3 nitrogen and oxygen atoms in total. The molecular formula is C14H17BrO3. The van der Waals surface area contributed by atoms with Gasteiger partial charge in [0.2, 0.25) is 0 Å². The van der Waals surface area contributed by atoms with E-state index in [1.54, 1.807) is 6.07 Å². The number of carbonyl (C=O) groups is 1. The van der Waals surface area contributed by atoms with E-state index in [9.17, 15) is 4.79 Å². The molecule has 4 heteroatoms. The molecule has 1 aromatic carbocycles. The topological polar surface area (TPSA) is 46.5 Å². The fraction of sp³-hybridized carbons (Fsp3) is 0.500. The summed E-state index contributed by atoms with van der Waals surface area (Å²) in [5, 5.41) is 9.15. The Labute approximate surface area is 115 Å². The smallest absolute Gasteiger partial charge is 0.336 e. The van der Waals surface area contributed by atoms with E-state index in [1.165, 1.54) is 19.3 Å². The zero-order chi connectivity index (χ0) is 13.0. The summed E-state index contributed by atoms with van der Waals surface area (Å²) < 4.78 is 6.60. The van der Waals surface area contributed by atoms with Gasteiger partial charge in [-0.2, -0.15) is 0 Å². The van der Waals surface area contributed by atoms with Crippen molar-refractivity contribution in [3.8, 4) is 0 Å². The fourth-order valence-electron chi connectivity index (χ4n) is 2.31. The predicted octanol–water partition coefficient (Wildman–Crippen LogP) is 4.00. The van der Waals surface area contributed by atoms with E-state index in [-0.39, 0.29) is 0 Å². The molecule has 98 valence electrons. The van der Waals surface area contributed by atoms with Gasteiger partial charge in [-0.3, -0.25) is 0 Å². The highest BCUT2D eigenvalue weighted by molar-refractivity contribution is 9.10. The third-order valence-electron chi connectivity index (χ3n) is 3.33. The van der Waals surface area contributed by atoms with Crippen LogP contribution in [0.15, 0.2) is 22.7 Å². The molecule has 1 aromatic rings. The quantitative estimate of drug-likeness (QED) is 0.914. The molecule has 0 atom stereocenters. The molecule has 0 saturated heterocycles. The molecule has 0 heterocycles. The Hall–Kier alpha value is -0.870. The van der Waals surface area contributed by atoms with Crippen molar-refractivity contribution in [3.63, 3.8) is 0 Å². The van der Waals surface area contributed by atoms with Crippen molar-refractivity contribution in [2.24, 2.45) is 0 Å². The summed E-state index contributed by atoms with van der Waals surface area (Å²) in [4.78, 5) is 11.1. The van der Waals surface area contributed by atoms with Crippen molar-refractivity contribution in [3.05, 3.63) is 33.8 Å². The van der Waals surface area contributed by atoms with E-state index < -0.39 is 5.97 Å². The molecule has 1 N–H and O–H groups in total. The standard InChI is InChI=1S/C14H17BrO3/c15-11-7-6-10(13(8-11)14(16)17)9-18-12-4-2-1-3-5-12/h6-8,12H,1-5,9H2,(H,16,17). The lowest BCUT2D eigenvalue weighted by Gasteiger charge is -2.22. The van der Waals surface area contributed by atoms with Gasteiger partial charge in [0.05, 0.1) is 18.3 Å². The minimum atomic E-state index is -0.904. The second-order valence-electron chi connectivity index (χ2n) is 4.68. The summed E-state index contributed by atoms with van der Waals surface area (Å²) in [6.45, 7) is 0.388.